The number of Topliss-reactive ketones (excluding diaryl/α,β-unsaturated/α-hetero) is 2. The molecule has 1 unspecified atom stereocenters. The van der Waals surface area contributed by atoms with E-state index < -0.39 is 5.92 Å². The van der Waals surface area contributed by atoms with Crippen LogP contribution >= 0.6 is 0 Å². The second-order valence-corrected chi connectivity index (χ2v) is 7.49. The van der Waals surface area contributed by atoms with Gasteiger partial charge in [0.05, 0.1) is 0 Å². The Bertz CT molecular complexity index is 823. The first-order valence-corrected chi connectivity index (χ1v) is 9.40. The Labute approximate surface area is 153 Å². The first-order valence-electron chi connectivity index (χ1n) is 9.40. The van der Waals surface area contributed by atoms with Gasteiger partial charge in [0.15, 0.2) is 11.6 Å². The summed E-state index contributed by atoms with van der Waals surface area (Å²) >= 11 is 0. The fraction of sp³-hybridized carbons (Fsp3) is 0.364. The van der Waals surface area contributed by atoms with E-state index in [1.165, 1.54) is 0 Å². The van der Waals surface area contributed by atoms with Crippen LogP contribution in [0, 0.1) is 5.92 Å². The molecule has 0 saturated heterocycles. The summed E-state index contributed by atoms with van der Waals surface area (Å²) in [7, 11) is 0. The molecule has 2 aromatic rings. The lowest BCUT2D eigenvalue weighted by Crippen LogP contribution is -2.29. The quantitative estimate of drug-likeness (QED) is 0.825. The highest BCUT2D eigenvalue weighted by molar-refractivity contribution is 6.30. The highest BCUT2D eigenvalue weighted by Gasteiger charge is 2.39. The van der Waals surface area contributed by atoms with Gasteiger partial charge in [-0.3, -0.25) is 9.59 Å². The molecule has 4 heteroatoms. The summed E-state index contributed by atoms with van der Waals surface area (Å²) in [6.07, 6.45) is 4.46. The molecule has 4 rings (SSSR count). The number of nitrogens with one attached hydrogen (secondary N) is 1. The maximum absolute atomic E-state index is 12.8. The van der Waals surface area contributed by atoms with Crippen molar-refractivity contribution in [3.63, 3.8) is 0 Å². The number of fused-ring (bicyclic) bond motifs is 1. The zero-order chi connectivity index (χ0) is 18.1. The third-order valence-electron chi connectivity index (χ3n) is 5.69. The second-order valence-electron chi connectivity index (χ2n) is 7.49. The lowest BCUT2D eigenvalue weighted by molar-refractivity contribution is 0.0890. The summed E-state index contributed by atoms with van der Waals surface area (Å²) in [6, 6.07) is 15.2. The lowest BCUT2D eigenvalue weighted by Gasteiger charge is -2.26. The predicted molar refractivity (Wildman–Crippen MR) is 103 cm³/mol. The minimum absolute atomic E-state index is 0.0935. The van der Waals surface area contributed by atoms with Crippen LogP contribution in [0.5, 0.6) is 0 Å². The number of benzene rings is 2. The van der Waals surface area contributed by atoms with E-state index in [1.54, 1.807) is 6.07 Å². The van der Waals surface area contributed by atoms with E-state index in [2.05, 4.69) is 5.32 Å². The molecule has 0 aromatic heterocycles. The molecule has 3 N–H and O–H groups in total. The summed E-state index contributed by atoms with van der Waals surface area (Å²) in [4.78, 5) is 25.5. The normalized spacial score (nSPS) is 25.2. The molecule has 2 aliphatic rings. The molecule has 0 amide bonds. The van der Waals surface area contributed by atoms with Gasteiger partial charge in [0.25, 0.3) is 0 Å². The summed E-state index contributed by atoms with van der Waals surface area (Å²) in [6.45, 7) is 0.885. The van der Waals surface area contributed by atoms with Crippen molar-refractivity contribution in [3.8, 4) is 0 Å². The van der Waals surface area contributed by atoms with Gasteiger partial charge < -0.3 is 11.1 Å². The maximum Gasteiger partial charge on any atom is 0.178 e. The molecule has 26 heavy (non-hydrogen) atoms. The van der Waals surface area contributed by atoms with E-state index in [-0.39, 0.29) is 11.6 Å². The molecule has 4 nitrogen and oxygen atoms in total. The number of anilines is 1. The first kappa shape index (κ1) is 17.0. The number of hydrogen-bond donors (Lipinski definition) is 2. The van der Waals surface area contributed by atoms with Crippen molar-refractivity contribution in [3.05, 3.63) is 65.2 Å². The number of hydrogen-bond acceptors (Lipinski definition) is 4. The molecule has 2 aromatic carbocycles. The molecule has 0 radical (unpaired) electrons. The maximum atomic E-state index is 12.8. The highest BCUT2D eigenvalue weighted by Crippen LogP contribution is 2.35. The van der Waals surface area contributed by atoms with Gasteiger partial charge in [-0.15, -0.1) is 0 Å². The third-order valence-corrected chi connectivity index (χ3v) is 5.69. The molecule has 0 bridgehead atoms. The van der Waals surface area contributed by atoms with Gasteiger partial charge >= 0.3 is 0 Å². The van der Waals surface area contributed by atoms with Crippen molar-refractivity contribution in [2.75, 3.05) is 11.9 Å². The van der Waals surface area contributed by atoms with Crippen molar-refractivity contribution in [2.45, 2.75) is 37.6 Å². The smallest absolute Gasteiger partial charge is 0.178 e. The molecule has 1 atom stereocenters. The molecule has 0 spiro atoms. The van der Waals surface area contributed by atoms with E-state index in [0.29, 0.717) is 23.1 Å². The molecule has 0 aliphatic heterocycles. The Kier molecular flexibility index (Phi) is 4.60. The summed E-state index contributed by atoms with van der Waals surface area (Å²) < 4.78 is 0. The molecule has 1 fully saturated rings. The molecular formula is C22H24N2O2. The summed E-state index contributed by atoms with van der Waals surface area (Å²) in [5, 5.41) is 3.44. The minimum Gasteiger partial charge on any atom is -0.385 e. The van der Waals surface area contributed by atoms with E-state index in [4.69, 9.17) is 5.73 Å². The van der Waals surface area contributed by atoms with Gasteiger partial charge in [-0.2, -0.15) is 0 Å². The van der Waals surface area contributed by atoms with Crippen molar-refractivity contribution >= 4 is 17.3 Å². The van der Waals surface area contributed by atoms with E-state index in [0.717, 1.165) is 43.5 Å². The molecule has 2 aliphatic carbocycles. The van der Waals surface area contributed by atoms with E-state index >= 15 is 0 Å². The molecular weight excluding hydrogens is 324 g/mol. The fourth-order valence-corrected chi connectivity index (χ4v) is 4.11. The van der Waals surface area contributed by atoms with Gasteiger partial charge in [-0.05, 0) is 55.4 Å². The number of ketones is 2. The fourth-order valence-electron chi connectivity index (χ4n) is 4.11. The zero-order valence-electron chi connectivity index (χ0n) is 14.8. The Morgan fingerprint density at radius 2 is 1.58 bits per heavy atom. The number of rotatable bonds is 4. The molecule has 0 heterocycles. The first-order chi connectivity index (χ1) is 12.6. The van der Waals surface area contributed by atoms with Crippen molar-refractivity contribution in [2.24, 2.45) is 11.7 Å². The second kappa shape index (κ2) is 7.04. The van der Waals surface area contributed by atoms with E-state index in [1.807, 2.05) is 42.5 Å². The van der Waals surface area contributed by atoms with Crippen molar-refractivity contribution < 1.29 is 9.59 Å². The minimum atomic E-state index is -0.693. The zero-order valence-corrected chi connectivity index (χ0v) is 14.8. The van der Waals surface area contributed by atoms with Crippen LogP contribution in [0.1, 0.15) is 57.9 Å². The summed E-state index contributed by atoms with van der Waals surface area (Å²) in [5.74, 6) is -0.258. The number of carbonyl (C=O) groups excluding carboxylic acids is 2. The van der Waals surface area contributed by atoms with Gasteiger partial charge in [-0.1, -0.05) is 30.3 Å². The van der Waals surface area contributed by atoms with E-state index in [9.17, 15) is 9.59 Å². The van der Waals surface area contributed by atoms with Crippen LogP contribution in [-0.2, 0) is 0 Å². The predicted octanol–water partition coefficient (Wildman–Crippen LogP) is 3.78. The Morgan fingerprint density at radius 1 is 0.885 bits per heavy atom. The van der Waals surface area contributed by atoms with Crippen LogP contribution in [0.25, 0.3) is 0 Å². The number of nitrogens with two attached hydrogens (primary N) is 1. The van der Waals surface area contributed by atoms with Crippen LogP contribution in [0.15, 0.2) is 48.5 Å². The molecule has 1 saturated carbocycles. The van der Waals surface area contributed by atoms with Crippen LogP contribution in [0.2, 0.25) is 0 Å². The van der Waals surface area contributed by atoms with Crippen LogP contribution in [-0.4, -0.2) is 24.2 Å². The largest absolute Gasteiger partial charge is 0.385 e. The lowest BCUT2D eigenvalue weighted by atomic mass is 9.86. The van der Waals surface area contributed by atoms with Crippen molar-refractivity contribution in [1.29, 1.82) is 0 Å². The number of carbonyl (C=O) groups is 2. The van der Waals surface area contributed by atoms with Crippen LogP contribution in [0.4, 0.5) is 5.69 Å². The van der Waals surface area contributed by atoms with Crippen molar-refractivity contribution in [1.82, 2.24) is 0 Å². The monoisotopic (exact) mass is 348 g/mol. The Hall–Kier alpha value is -2.46. The average Bonchev–Trinajstić information content (AvgIpc) is 2.92. The standard InChI is InChI=1S/C22H24N2O2/c23-16-8-6-14(7-9-16)13-24-17-10-11-18-19(12-17)22(26)20(21(18)25)15-4-2-1-3-5-15/h1-5,10-12,14,16,20,24H,6-9,13,23H2. The highest BCUT2D eigenvalue weighted by atomic mass is 16.2. The van der Waals surface area contributed by atoms with Gasteiger partial charge in [-0.25, -0.2) is 0 Å². The van der Waals surface area contributed by atoms with Crippen LogP contribution < -0.4 is 11.1 Å². The average molecular weight is 348 g/mol. The van der Waals surface area contributed by atoms with Gasteiger partial charge in [0.2, 0.25) is 0 Å². The SMILES string of the molecule is NC1CCC(CNc2ccc3c(c2)C(=O)C(c2ccccc2)C3=O)CC1. The topological polar surface area (TPSA) is 72.2 Å². The third kappa shape index (κ3) is 3.17. The Morgan fingerprint density at radius 3 is 2.31 bits per heavy atom. The Balaban J connectivity index is 1.49. The van der Waals surface area contributed by atoms with Gasteiger partial charge in [0, 0.05) is 29.4 Å². The molecule has 134 valence electrons. The van der Waals surface area contributed by atoms with Crippen LogP contribution in [0.3, 0.4) is 0 Å². The van der Waals surface area contributed by atoms with Gasteiger partial charge in [0.1, 0.15) is 5.92 Å². The summed E-state index contributed by atoms with van der Waals surface area (Å²) in [5.41, 5.74) is 8.73.